The SMILES string of the molecule is CCCCCCCCCCNC(=O)[C@H]1[C@H](C(=O)O)[C@H]2C=C[C@H]1O2. The second-order valence-corrected chi connectivity index (χ2v) is 6.61. The van der Waals surface area contributed by atoms with Crippen LogP contribution in [-0.2, 0) is 14.3 Å². The first kappa shape index (κ1) is 18.0. The molecule has 0 aromatic rings. The van der Waals surface area contributed by atoms with E-state index in [1.807, 2.05) is 6.08 Å². The number of hydrogen-bond acceptors (Lipinski definition) is 3. The van der Waals surface area contributed by atoms with Gasteiger partial charge in [-0.05, 0) is 6.42 Å². The summed E-state index contributed by atoms with van der Waals surface area (Å²) >= 11 is 0. The molecule has 2 N–H and O–H groups in total. The topological polar surface area (TPSA) is 75.6 Å². The molecular weight excluding hydrogens is 294 g/mol. The molecule has 0 spiro atoms. The van der Waals surface area contributed by atoms with Crippen LogP contribution in [0.2, 0.25) is 0 Å². The van der Waals surface area contributed by atoms with Gasteiger partial charge in [0.05, 0.1) is 18.1 Å². The lowest BCUT2D eigenvalue weighted by Crippen LogP contribution is -2.42. The molecule has 0 aromatic heterocycles. The van der Waals surface area contributed by atoms with Crippen LogP contribution in [0.3, 0.4) is 0 Å². The molecule has 2 rings (SSSR count). The Kier molecular flexibility index (Phi) is 7.09. The molecule has 0 saturated carbocycles. The van der Waals surface area contributed by atoms with Crippen molar-refractivity contribution in [2.24, 2.45) is 11.8 Å². The molecule has 1 amide bonds. The highest BCUT2D eigenvalue weighted by atomic mass is 16.5. The number of carboxylic acids is 1. The second-order valence-electron chi connectivity index (χ2n) is 6.61. The van der Waals surface area contributed by atoms with E-state index in [1.165, 1.54) is 38.5 Å². The van der Waals surface area contributed by atoms with Crippen LogP contribution in [0.15, 0.2) is 12.2 Å². The summed E-state index contributed by atoms with van der Waals surface area (Å²) in [6.07, 6.45) is 12.5. The fraction of sp³-hybridized carbons (Fsp3) is 0.778. The van der Waals surface area contributed by atoms with Crippen molar-refractivity contribution in [2.75, 3.05) is 6.54 Å². The van der Waals surface area contributed by atoms with Gasteiger partial charge in [-0.3, -0.25) is 9.59 Å². The van der Waals surface area contributed by atoms with Crippen molar-refractivity contribution in [3.8, 4) is 0 Å². The zero-order chi connectivity index (χ0) is 16.7. The minimum absolute atomic E-state index is 0.183. The largest absolute Gasteiger partial charge is 0.481 e. The number of nitrogens with one attached hydrogen (secondary N) is 1. The minimum Gasteiger partial charge on any atom is -0.481 e. The average molecular weight is 323 g/mol. The molecule has 0 radical (unpaired) electrons. The van der Waals surface area contributed by atoms with E-state index in [-0.39, 0.29) is 12.0 Å². The quantitative estimate of drug-likeness (QED) is 0.453. The lowest BCUT2D eigenvalue weighted by Gasteiger charge is -2.20. The summed E-state index contributed by atoms with van der Waals surface area (Å²) in [7, 11) is 0. The minimum atomic E-state index is -0.950. The van der Waals surface area contributed by atoms with Crippen LogP contribution in [0.25, 0.3) is 0 Å². The molecule has 5 heteroatoms. The van der Waals surface area contributed by atoms with Crippen LogP contribution in [-0.4, -0.2) is 35.7 Å². The fourth-order valence-electron chi connectivity index (χ4n) is 3.50. The molecule has 0 aliphatic carbocycles. The van der Waals surface area contributed by atoms with E-state index in [2.05, 4.69) is 12.2 Å². The summed E-state index contributed by atoms with van der Waals surface area (Å²) in [5.41, 5.74) is 0. The van der Waals surface area contributed by atoms with Gasteiger partial charge in [-0.25, -0.2) is 0 Å². The monoisotopic (exact) mass is 323 g/mol. The number of fused-ring (bicyclic) bond motifs is 2. The average Bonchev–Trinajstić information content (AvgIpc) is 3.14. The zero-order valence-corrected chi connectivity index (χ0v) is 14.0. The Labute approximate surface area is 138 Å². The van der Waals surface area contributed by atoms with Gasteiger partial charge in [0, 0.05) is 6.54 Å². The van der Waals surface area contributed by atoms with Gasteiger partial charge < -0.3 is 15.2 Å². The summed E-state index contributed by atoms with van der Waals surface area (Å²) in [5, 5.41) is 12.2. The summed E-state index contributed by atoms with van der Waals surface area (Å²) in [6.45, 7) is 2.84. The third-order valence-electron chi connectivity index (χ3n) is 4.82. The molecule has 2 aliphatic rings. The first-order chi connectivity index (χ1) is 11.1. The number of aliphatic carboxylic acids is 1. The van der Waals surface area contributed by atoms with E-state index in [0.29, 0.717) is 6.54 Å². The molecule has 2 aliphatic heterocycles. The number of unbranched alkanes of at least 4 members (excludes halogenated alkanes) is 7. The normalized spacial score (nSPS) is 28.2. The van der Waals surface area contributed by atoms with E-state index in [0.717, 1.165) is 12.8 Å². The highest BCUT2D eigenvalue weighted by Crippen LogP contribution is 2.39. The molecule has 1 saturated heterocycles. The second kappa shape index (κ2) is 9.06. The van der Waals surface area contributed by atoms with E-state index < -0.39 is 23.9 Å². The van der Waals surface area contributed by atoms with Crippen LogP contribution >= 0.6 is 0 Å². The molecule has 0 unspecified atom stereocenters. The van der Waals surface area contributed by atoms with Crippen molar-refractivity contribution in [3.63, 3.8) is 0 Å². The molecule has 5 nitrogen and oxygen atoms in total. The van der Waals surface area contributed by atoms with Crippen molar-refractivity contribution in [1.82, 2.24) is 5.32 Å². The van der Waals surface area contributed by atoms with Gasteiger partial charge >= 0.3 is 5.97 Å². The standard InChI is InChI=1S/C18H29NO4/c1-2-3-4-5-6-7-8-9-12-19-17(20)15-13-10-11-14(23-13)16(15)18(21)22/h10-11,13-16H,2-9,12H2,1H3,(H,19,20)(H,21,22)/t13-,14-,15-,16-/m1/s1. The Morgan fingerprint density at radius 2 is 1.52 bits per heavy atom. The van der Waals surface area contributed by atoms with Crippen molar-refractivity contribution in [2.45, 2.75) is 70.5 Å². The summed E-state index contributed by atoms with van der Waals surface area (Å²) < 4.78 is 5.52. The van der Waals surface area contributed by atoms with E-state index in [4.69, 9.17) is 4.74 Å². The Balaban J connectivity index is 1.60. The summed E-state index contributed by atoms with van der Waals surface area (Å²) in [4.78, 5) is 23.6. The third-order valence-corrected chi connectivity index (χ3v) is 4.82. The van der Waals surface area contributed by atoms with Gasteiger partial charge in [0.15, 0.2) is 0 Å². The number of carbonyl (C=O) groups excluding carboxylic acids is 1. The Morgan fingerprint density at radius 1 is 0.957 bits per heavy atom. The third kappa shape index (κ3) is 4.80. The molecule has 4 atom stereocenters. The van der Waals surface area contributed by atoms with Crippen molar-refractivity contribution in [3.05, 3.63) is 12.2 Å². The number of carbonyl (C=O) groups is 2. The van der Waals surface area contributed by atoms with Gasteiger partial charge in [0.25, 0.3) is 0 Å². The van der Waals surface area contributed by atoms with Gasteiger partial charge in [-0.1, -0.05) is 64.0 Å². The van der Waals surface area contributed by atoms with Crippen LogP contribution in [0.5, 0.6) is 0 Å². The molecule has 130 valence electrons. The van der Waals surface area contributed by atoms with Gasteiger partial charge in [-0.2, -0.15) is 0 Å². The van der Waals surface area contributed by atoms with Crippen LogP contribution in [0.1, 0.15) is 58.3 Å². The molecular formula is C18H29NO4. The van der Waals surface area contributed by atoms with Crippen molar-refractivity contribution >= 4 is 11.9 Å². The predicted octanol–water partition coefficient (Wildman–Crippen LogP) is 2.90. The van der Waals surface area contributed by atoms with Gasteiger partial charge in [-0.15, -0.1) is 0 Å². The lowest BCUT2D eigenvalue weighted by molar-refractivity contribution is -0.146. The zero-order valence-electron chi connectivity index (χ0n) is 14.0. The Hall–Kier alpha value is -1.36. The molecule has 2 heterocycles. The molecule has 2 bridgehead atoms. The molecule has 0 aromatic carbocycles. The van der Waals surface area contributed by atoms with Gasteiger partial charge in [0.2, 0.25) is 5.91 Å². The highest BCUT2D eigenvalue weighted by molar-refractivity contribution is 5.87. The number of hydrogen-bond donors (Lipinski definition) is 2. The Bertz CT molecular complexity index is 435. The number of amides is 1. The number of carboxylic acid groups (broad SMARTS) is 1. The summed E-state index contributed by atoms with van der Waals surface area (Å²) in [5.74, 6) is -2.47. The van der Waals surface area contributed by atoms with E-state index >= 15 is 0 Å². The lowest BCUT2D eigenvalue weighted by atomic mass is 9.82. The maximum absolute atomic E-state index is 12.3. The van der Waals surface area contributed by atoms with Crippen molar-refractivity contribution < 1.29 is 19.4 Å². The smallest absolute Gasteiger partial charge is 0.310 e. The Morgan fingerprint density at radius 3 is 2.13 bits per heavy atom. The molecule has 1 fully saturated rings. The summed E-state index contributed by atoms with van der Waals surface area (Å²) in [6, 6.07) is 0. The van der Waals surface area contributed by atoms with E-state index in [1.54, 1.807) is 6.08 Å². The number of ether oxygens (including phenoxy) is 1. The van der Waals surface area contributed by atoms with Crippen LogP contribution < -0.4 is 5.32 Å². The first-order valence-electron chi connectivity index (χ1n) is 8.99. The van der Waals surface area contributed by atoms with Crippen molar-refractivity contribution in [1.29, 1.82) is 0 Å². The number of rotatable bonds is 11. The van der Waals surface area contributed by atoms with Crippen LogP contribution in [0.4, 0.5) is 0 Å². The predicted molar refractivity (Wildman–Crippen MR) is 88.0 cm³/mol. The maximum atomic E-state index is 12.3. The maximum Gasteiger partial charge on any atom is 0.310 e. The molecule has 23 heavy (non-hydrogen) atoms. The fourth-order valence-corrected chi connectivity index (χ4v) is 3.50. The van der Waals surface area contributed by atoms with Gasteiger partial charge in [0.1, 0.15) is 5.92 Å². The van der Waals surface area contributed by atoms with E-state index in [9.17, 15) is 14.7 Å². The first-order valence-corrected chi connectivity index (χ1v) is 8.99. The highest BCUT2D eigenvalue weighted by Gasteiger charge is 2.53. The van der Waals surface area contributed by atoms with Crippen LogP contribution in [0, 0.1) is 11.8 Å².